The molecule has 2 aliphatic heterocycles. The molecule has 0 bridgehead atoms. The lowest BCUT2D eigenvalue weighted by Gasteiger charge is -2.39. The van der Waals surface area contributed by atoms with Crippen molar-refractivity contribution in [3.05, 3.63) is 30.1 Å². The van der Waals surface area contributed by atoms with Crippen molar-refractivity contribution in [1.82, 2.24) is 9.88 Å². The number of ether oxygens (including phenoxy) is 2. The summed E-state index contributed by atoms with van der Waals surface area (Å²) in [5.41, 5.74) is 0.694. The fraction of sp³-hybridized carbons (Fsp3) is 0.600. The summed E-state index contributed by atoms with van der Waals surface area (Å²) in [6.07, 6.45) is 5.33. The SMILES string of the molecule is CC1([C@@H]2CCCN(C(=O)c3ccncc3)C2)OCCO1. The quantitative estimate of drug-likeness (QED) is 0.825. The molecule has 108 valence electrons. The van der Waals surface area contributed by atoms with E-state index in [-0.39, 0.29) is 11.8 Å². The van der Waals surface area contributed by atoms with Crippen LogP contribution in [0.15, 0.2) is 24.5 Å². The zero-order valence-electron chi connectivity index (χ0n) is 11.7. The lowest BCUT2D eigenvalue weighted by Crippen LogP contribution is -2.48. The Hall–Kier alpha value is -1.46. The van der Waals surface area contributed by atoms with Gasteiger partial charge in [-0.05, 0) is 31.9 Å². The van der Waals surface area contributed by atoms with Crippen molar-refractivity contribution in [2.45, 2.75) is 25.6 Å². The van der Waals surface area contributed by atoms with Gasteiger partial charge in [-0.2, -0.15) is 0 Å². The minimum absolute atomic E-state index is 0.0682. The molecular formula is C15H20N2O3. The third-order valence-corrected chi connectivity index (χ3v) is 4.24. The maximum Gasteiger partial charge on any atom is 0.253 e. The molecule has 1 aromatic heterocycles. The van der Waals surface area contributed by atoms with Crippen molar-refractivity contribution >= 4 is 5.91 Å². The first-order valence-corrected chi connectivity index (χ1v) is 7.16. The molecule has 2 fully saturated rings. The van der Waals surface area contributed by atoms with E-state index in [0.29, 0.717) is 25.3 Å². The fourth-order valence-corrected chi connectivity index (χ4v) is 3.03. The number of aromatic nitrogens is 1. The Balaban J connectivity index is 1.70. The van der Waals surface area contributed by atoms with Gasteiger partial charge >= 0.3 is 0 Å². The van der Waals surface area contributed by atoms with Gasteiger partial charge in [-0.25, -0.2) is 0 Å². The van der Waals surface area contributed by atoms with E-state index in [2.05, 4.69) is 4.98 Å². The molecule has 0 aliphatic carbocycles. The number of rotatable bonds is 2. The highest BCUT2D eigenvalue weighted by Crippen LogP contribution is 2.34. The summed E-state index contributed by atoms with van der Waals surface area (Å²) < 4.78 is 11.5. The Labute approximate surface area is 118 Å². The number of hydrogen-bond donors (Lipinski definition) is 0. The largest absolute Gasteiger partial charge is 0.347 e. The summed E-state index contributed by atoms with van der Waals surface area (Å²) in [5.74, 6) is -0.222. The first-order valence-electron chi connectivity index (χ1n) is 7.16. The second kappa shape index (κ2) is 5.50. The van der Waals surface area contributed by atoms with Crippen LogP contribution in [-0.4, -0.2) is 47.9 Å². The predicted octanol–water partition coefficient (Wildman–Crippen LogP) is 1.70. The van der Waals surface area contributed by atoms with E-state index in [1.165, 1.54) is 0 Å². The molecule has 1 aromatic rings. The molecule has 3 rings (SSSR count). The first-order chi connectivity index (χ1) is 9.69. The van der Waals surface area contributed by atoms with Gasteiger partial charge in [0.1, 0.15) is 0 Å². The molecule has 0 radical (unpaired) electrons. The molecule has 2 saturated heterocycles. The van der Waals surface area contributed by atoms with E-state index in [1.54, 1.807) is 24.5 Å². The van der Waals surface area contributed by atoms with Crippen molar-refractivity contribution < 1.29 is 14.3 Å². The van der Waals surface area contributed by atoms with Crippen LogP contribution in [0, 0.1) is 5.92 Å². The predicted molar refractivity (Wildman–Crippen MR) is 73.2 cm³/mol. The minimum Gasteiger partial charge on any atom is -0.347 e. The van der Waals surface area contributed by atoms with E-state index in [4.69, 9.17) is 9.47 Å². The second-order valence-corrected chi connectivity index (χ2v) is 5.54. The van der Waals surface area contributed by atoms with Crippen molar-refractivity contribution in [3.63, 3.8) is 0 Å². The number of piperidine rings is 1. The highest BCUT2D eigenvalue weighted by Gasteiger charge is 2.42. The van der Waals surface area contributed by atoms with Crippen molar-refractivity contribution in [3.8, 4) is 0 Å². The van der Waals surface area contributed by atoms with E-state index < -0.39 is 5.79 Å². The van der Waals surface area contributed by atoms with Crippen LogP contribution in [0.5, 0.6) is 0 Å². The van der Waals surface area contributed by atoms with Crippen molar-refractivity contribution in [1.29, 1.82) is 0 Å². The summed E-state index contributed by atoms with van der Waals surface area (Å²) in [5, 5.41) is 0. The highest BCUT2D eigenvalue weighted by molar-refractivity contribution is 5.94. The molecule has 3 heterocycles. The molecule has 0 unspecified atom stereocenters. The molecule has 5 nitrogen and oxygen atoms in total. The van der Waals surface area contributed by atoms with Gasteiger partial charge in [0.05, 0.1) is 13.2 Å². The first kappa shape index (κ1) is 13.5. The summed E-state index contributed by atoms with van der Waals surface area (Å²) in [6, 6.07) is 3.52. The van der Waals surface area contributed by atoms with Crippen LogP contribution in [0.25, 0.3) is 0 Å². The third-order valence-electron chi connectivity index (χ3n) is 4.24. The van der Waals surface area contributed by atoms with Crippen LogP contribution in [0.1, 0.15) is 30.1 Å². The highest BCUT2D eigenvalue weighted by atomic mass is 16.7. The Morgan fingerprint density at radius 2 is 2.05 bits per heavy atom. The molecule has 1 atom stereocenters. The minimum atomic E-state index is -0.531. The van der Waals surface area contributed by atoms with Gasteiger partial charge in [0, 0.05) is 37.0 Å². The van der Waals surface area contributed by atoms with Gasteiger partial charge in [0.2, 0.25) is 0 Å². The molecule has 2 aliphatic rings. The van der Waals surface area contributed by atoms with Gasteiger partial charge in [-0.3, -0.25) is 9.78 Å². The average molecular weight is 276 g/mol. The number of carbonyl (C=O) groups is 1. The maximum atomic E-state index is 12.5. The molecule has 1 amide bonds. The molecular weight excluding hydrogens is 256 g/mol. The van der Waals surface area contributed by atoms with Gasteiger partial charge < -0.3 is 14.4 Å². The summed E-state index contributed by atoms with van der Waals surface area (Å²) >= 11 is 0. The second-order valence-electron chi connectivity index (χ2n) is 5.54. The van der Waals surface area contributed by atoms with Crippen LogP contribution in [0.2, 0.25) is 0 Å². The maximum absolute atomic E-state index is 12.5. The number of hydrogen-bond acceptors (Lipinski definition) is 4. The van der Waals surface area contributed by atoms with Crippen LogP contribution in [0.4, 0.5) is 0 Å². The Kier molecular flexibility index (Phi) is 3.72. The zero-order chi connectivity index (χ0) is 14.0. The molecule has 0 N–H and O–H groups in total. The lowest BCUT2D eigenvalue weighted by molar-refractivity contribution is -0.189. The van der Waals surface area contributed by atoms with Gasteiger partial charge in [-0.15, -0.1) is 0 Å². The Morgan fingerprint density at radius 3 is 2.75 bits per heavy atom. The molecule has 0 saturated carbocycles. The number of nitrogens with zero attached hydrogens (tertiary/aromatic N) is 2. The topological polar surface area (TPSA) is 51.7 Å². The number of amides is 1. The molecule has 0 spiro atoms. The summed E-state index contributed by atoms with van der Waals surface area (Å²) in [6.45, 7) is 4.77. The van der Waals surface area contributed by atoms with Gasteiger partial charge in [0.25, 0.3) is 5.91 Å². The summed E-state index contributed by atoms with van der Waals surface area (Å²) in [7, 11) is 0. The van der Waals surface area contributed by atoms with Crippen molar-refractivity contribution in [2.24, 2.45) is 5.92 Å². The Morgan fingerprint density at radius 1 is 1.35 bits per heavy atom. The van der Waals surface area contributed by atoms with E-state index >= 15 is 0 Å². The van der Waals surface area contributed by atoms with Gasteiger partial charge in [-0.1, -0.05) is 0 Å². The van der Waals surface area contributed by atoms with E-state index in [9.17, 15) is 4.79 Å². The number of likely N-dealkylation sites (tertiary alicyclic amines) is 1. The zero-order valence-corrected chi connectivity index (χ0v) is 11.7. The Bertz CT molecular complexity index is 471. The summed E-state index contributed by atoms with van der Waals surface area (Å²) in [4.78, 5) is 18.3. The monoisotopic (exact) mass is 276 g/mol. The standard InChI is InChI=1S/C15H20N2O3/c1-15(19-9-10-20-15)13-3-2-8-17(11-13)14(18)12-4-6-16-7-5-12/h4-7,13H,2-3,8-11H2,1H3/t13-/m1/s1. The van der Waals surface area contributed by atoms with Crippen LogP contribution in [0.3, 0.4) is 0 Å². The van der Waals surface area contributed by atoms with Crippen LogP contribution in [-0.2, 0) is 9.47 Å². The smallest absolute Gasteiger partial charge is 0.253 e. The fourth-order valence-electron chi connectivity index (χ4n) is 3.03. The number of carbonyl (C=O) groups excluding carboxylic acids is 1. The van der Waals surface area contributed by atoms with E-state index in [1.807, 2.05) is 11.8 Å². The average Bonchev–Trinajstić information content (AvgIpc) is 2.96. The van der Waals surface area contributed by atoms with Crippen LogP contribution < -0.4 is 0 Å². The third kappa shape index (κ3) is 2.55. The van der Waals surface area contributed by atoms with Gasteiger partial charge in [0.15, 0.2) is 5.79 Å². The number of pyridine rings is 1. The van der Waals surface area contributed by atoms with Crippen molar-refractivity contribution in [2.75, 3.05) is 26.3 Å². The molecule has 5 heteroatoms. The van der Waals surface area contributed by atoms with Crippen LogP contribution >= 0.6 is 0 Å². The normalized spacial score (nSPS) is 25.6. The molecule has 20 heavy (non-hydrogen) atoms. The lowest BCUT2D eigenvalue weighted by atomic mass is 9.90. The van der Waals surface area contributed by atoms with E-state index in [0.717, 1.165) is 19.4 Å². The molecule has 0 aromatic carbocycles.